The Hall–Kier alpha value is -0.420. The number of aromatic nitrogens is 2. The predicted molar refractivity (Wildman–Crippen MR) is 30.1 cm³/mol. The highest BCUT2D eigenvalue weighted by Crippen LogP contribution is 1.81. The van der Waals surface area contributed by atoms with Crippen molar-refractivity contribution in [1.82, 2.24) is 10.2 Å². The van der Waals surface area contributed by atoms with Gasteiger partial charge in [0.15, 0.2) is 3.95 Å². The maximum atomic E-state index is 10.2. The molecule has 1 aromatic heterocycles. The Bertz CT molecular complexity index is 218. The van der Waals surface area contributed by atoms with Crippen LogP contribution in [0.15, 0.2) is 4.79 Å². The third-order valence-corrected chi connectivity index (χ3v) is 1.38. The number of H-pyrrole nitrogens is 2. The Morgan fingerprint density at radius 2 is 2.29 bits per heavy atom. The van der Waals surface area contributed by atoms with E-state index in [2.05, 4.69) is 22.4 Å². The van der Waals surface area contributed by atoms with E-state index >= 15 is 0 Å². The van der Waals surface area contributed by atoms with Crippen molar-refractivity contribution in [3.05, 3.63) is 13.6 Å². The summed E-state index contributed by atoms with van der Waals surface area (Å²) in [6.07, 6.45) is 0. The van der Waals surface area contributed by atoms with Gasteiger partial charge in [-0.3, -0.25) is 15.0 Å². The lowest BCUT2D eigenvalue weighted by molar-refractivity contribution is 1.05. The summed E-state index contributed by atoms with van der Waals surface area (Å²) in [6, 6.07) is 0. The smallest absolute Gasteiger partial charge is 0.279 e. The molecule has 0 bridgehead atoms. The zero-order valence-electron chi connectivity index (χ0n) is 3.22. The molecule has 1 heterocycles. The van der Waals surface area contributed by atoms with E-state index in [4.69, 9.17) is 0 Å². The van der Waals surface area contributed by atoms with Gasteiger partial charge in [0, 0.05) is 0 Å². The summed E-state index contributed by atoms with van der Waals surface area (Å²) in [4.78, 5) is 10.0. The van der Waals surface area contributed by atoms with Gasteiger partial charge in [-0.2, -0.15) is 0 Å². The normalized spacial score (nSPS) is 9.14. The highest BCUT2D eigenvalue weighted by molar-refractivity contribution is 7.73. The van der Waals surface area contributed by atoms with Crippen LogP contribution in [-0.4, -0.2) is 10.2 Å². The maximum absolute atomic E-state index is 10.2. The highest BCUT2D eigenvalue weighted by Gasteiger charge is 1.79. The molecule has 1 aromatic rings. The van der Waals surface area contributed by atoms with E-state index in [9.17, 15) is 4.79 Å². The fourth-order valence-electron chi connectivity index (χ4n) is 0.237. The molecule has 0 aliphatic rings. The molecular formula is C2H2N2OS2. The third-order valence-electron chi connectivity index (χ3n) is 0.452. The summed E-state index contributed by atoms with van der Waals surface area (Å²) in [7, 11) is 0. The largest absolute Gasteiger partial charge is 0.321 e. The third kappa shape index (κ3) is 0.971. The predicted octanol–water partition coefficient (Wildman–Crippen LogP) is 0.494. The van der Waals surface area contributed by atoms with Crippen LogP contribution in [0.5, 0.6) is 0 Å². The first-order chi connectivity index (χ1) is 3.29. The minimum Gasteiger partial charge on any atom is -0.279 e. The second kappa shape index (κ2) is 1.59. The van der Waals surface area contributed by atoms with E-state index in [0.717, 1.165) is 11.3 Å². The Morgan fingerprint density at radius 3 is 2.43 bits per heavy atom. The lowest BCUT2D eigenvalue weighted by Crippen LogP contribution is -1.90. The van der Waals surface area contributed by atoms with E-state index < -0.39 is 0 Å². The van der Waals surface area contributed by atoms with Gasteiger partial charge in [-0.1, -0.05) is 0 Å². The van der Waals surface area contributed by atoms with Crippen LogP contribution in [0.1, 0.15) is 0 Å². The van der Waals surface area contributed by atoms with Crippen molar-refractivity contribution in [2.24, 2.45) is 0 Å². The van der Waals surface area contributed by atoms with Crippen LogP contribution >= 0.6 is 23.6 Å². The molecule has 0 fully saturated rings. The van der Waals surface area contributed by atoms with Crippen molar-refractivity contribution in [1.29, 1.82) is 0 Å². The maximum Gasteiger partial charge on any atom is 0.321 e. The zero-order chi connectivity index (χ0) is 5.28. The van der Waals surface area contributed by atoms with Crippen molar-refractivity contribution in [3.8, 4) is 0 Å². The van der Waals surface area contributed by atoms with Gasteiger partial charge in [-0.15, -0.1) is 0 Å². The molecule has 0 aromatic carbocycles. The van der Waals surface area contributed by atoms with Gasteiger partial charge in [0.2, 0.25) is 0 Å². The number of hydrogen-bond donors (Lipinski definition) is 2. The van der Waals surface area contributed by atoms with Gasteiger partial charge in [0.1, 0.15) is 0 Å². The second-order valence-corrected chi connectivity index (χ2v) is 2.58. The summed E-state index contributed by atoms with van der Waals surface area (Å²) < 4.78 is 0.491. The average molecular weight is 134 g/mol. The number of nitrogens with one attached hydrogen (secondary N) is 2. The Kier molecular flexibility index (Phi) is 1.07. The van der Waals surface area contributed by atoms with Crippen LogP contribution in [0.3, 0.4) is 0 Å². The van der Waals surface area contributed by atoms with E-state index in [1.807, 2.05) is 0 Å². The van der Waals surface area contributed by atoms with E-state index in [0.29, 0.717) is 3.95 Å². The molecule has 1 rings (SSSR count). The Balaban J connectivity index is 3.59. The first-order valence-electron chi connectivity index (χ1n) is 1.57. The average Bonchev–Trinajstić information content (AvgIpc) is 1.87. The van der Waals surface area contributed by atoms with Crippen LogP contribution < -0.4 is 4.87 Å². The van der Waals surface area contributed by atoms with Crippen molar-refractivity contribution in [3.63, 3.8) is 0 Å². The van der Waals surface area contributed by atoms with E-state index in [-0.39, 0.29) is 4.87 Å². The molecule has 0 spiro atoms. The topological polar surface area (TPSA) is 48.6 Å². The van der Waals surface area contributed by atoms with Crippen molar-refractivity contribution in [2.45, 2.75) is 0 Å². The molecule has 0 unspecified atom stereocenters. The number of rotatable bonds is 0. The number of hydrogen-bond acceptors (Lipinski definition) is 3. The molecule has 2 N–H and O–H groups in total. The molecule has 38 valence electrons. The molecule has 3 nitrogen and oxygen atoms in total. The van der Waals surface area contributed by atoms with Crippen LogP contribution in [-0.2, 0) is 0 Å². The zero-order valence-corrected chi connectivity index (χ0v) is 4.86. The summed E-state index contributed by atoms with van der Waals surface area (Å²) in [6.45, 7) is 0. The van der Waals surface area contributed by atoms with Gasteiger partial charge in [-0.05, 0) is 23.6 Å². The van der Waals surface area contributed by atoms with Crippen LogP contribution in [0.2, 0.25) is 0 Å². The molecule has 0 aliphatic carbocycles. The fourth-order valence-corrected chi connectivity index (χ4v) is 0.888. The first-order valence-corrected chi connectivity index (χ1v) is 2.79. The monoisotopic (exact) mass is 134 g/mol. The van der Waals surface area contributed by atoms with Crippen LogP contribution in [0.4, 0.5) is 0 Å². The quantitative estimate of drug-likeness (QED) is 0.507. The summed E-state index contributed by atoms with van der Waals surface area (Å²) in [5, 5.41) is 4.77. The van der Waals surface area contributed by atoms with Gasteiger partial charge >= 0.3 is 4.87 Å². The standard InChI is InChI=1S/C2H2N2OS2/c5-1-3-4-2(6)7-1/h(H,3,5)(H,4,6). The minimum atomic E-state index is -0.134. The molecule has 7 heavy (non-hydrogen) atoms. The molecule has 0 radical (unpaired) electrons. The molecule has 0 amide bonds. The summed E-state index contributed by atoms with van der Waals surface area (Å²) >= 11 is 5.56. The number of aromatic amines is 2. The van der Waals surface area contributed by atoms with Crippen LogP contribution in [0, 0.1) is 3.95 Å². The molecule has 0 saturated carbocycles. The second-order valence-electron chi connectivity index (χ2n) is 0.927. The summed E-state index contributed by atoms with van der Waals surface area (Å²) in [5.41, 5.74) is 0. The fraction of sp³-hybridized carbons (Fsp3) is 0. The molecule has 5 heteroatoms. The van der Waals surface area contributed by atoms with Gasteiger partial charge < -0.3 is 0 Å². The highest BCUT2D eigenvalue weighted by atomic mass is 32.1. The first kappa shape index (κ1) is 4.73. The molecule has 0 aliphatic heterocycles. The lowest BCUT2D eigenvalue weighted by atomic mass is 11.5. The van der Waals surface area contributed by atoms with Gasteiger partial charge in [0.05, 0.1) is 0 Å². The minimum absolute atomic E-state index is 0.134. The van der Waals surface area contributed by atoms with Crippen molar-refractivity contribution >= 4 is 23.6 Å². The molecule has 0 saturated heterocycles. The molecular weight excluding hydrogens is 132 g/mol. The Morgan fingerprint density at radius 1 is 1.57 bits per heavy atom. The van der Waals surface area contributed by atoms with E-state index in [1.165, 1.54) is 0 Å². The van der Waals surface area contributed by atoms with E-state index in [1.54, 1.807) is 0 Å². The summed E-state index contributed by atoms with van der Waals surface area (Å²) in [5.74, 6) is 0. The van der Waals surface area contributed by atoms with Crippen LogP contribution in [0.25, 0.3) is 0 Å². The SMILES string of the molecule is O=c1[nH][nH]c(=S)s1. The molecule has 0 atom stereocenters. The van der Waals surface area contributed by atoms with Crippen molar-refractivity contribution in [2.75, 3.05) is 0 Å². The van der Waals surface area contributed by atoms with Crippen molar-refractivity contribution < 1.29 is 0 Å². The Labute approximate surface area is 48.0 Å². The van der Waals surface area contributed by atoms with Gasteiger partial charge in [0.25, 0.3) is 0 Å². The van der Waals surface area contributed by atoms with Gasteiger partial charge in [-0.25, -0.2) is 0 Å². The lowest BCUT2D eigenvalue weighted by Gasteiger charge is -1.55.